The maximum Gasteiger partial charge on any atom is 0.235 e. The fourth-order valence-corrected chi connectivity index (χ4v) is 2.01. The van der Waals surface area contributed by atoms with E-state index in [9.17, 15) is 13.2 Å². The minimum absolute atomic E-state index is 0.142. The molecular weight excluding hydrogens is 240 g/mol. The van der Waals surface area contributed by atoms with Crippen LogP contribution in [0.15, 0.2) is 12.7 Å². The van der Waals surface area contributed by atoms with E-state index < -0.39 is 10.0 Å². The van der Waals surface area contributed by atoms with E-state index in [0.717, 1.165) is 29.8 Å². The van der Waals surface area contributed by atoms with Crippen LogP contribution in [0.4, 0.5) is 0 Å². The van der Waals surface area contributed by atoms with Crippen LogP contribution in [0.25, 0.3) is 0 Å². The first-order chi connectivity index (χ1) is 7.91. The SMILES string of the molecule is C=CCN(CC(=O)NCCCCC)S(C)(=O)=O. The highest BCUT2D eigenvalue weighted by Crippen LogP contribution is 1.97. The van der Waals surface area contributed by atoms with Crippen LogP contribution in [-0.4, -0.2) is 44.5 Å². The first kappa shape index (κ1) is 16.1. The van der Waals surface area contributed by atoms with Crippen molar-refractivity contribution in [1.82, 2.24) is 9.62 Å². The van der Waals surface area contributed by atoms with Gasteiger partial charge in [0.05, 0.1) is 12.8 Å². The van der Waals surface area contributed by atoms with Gasteiger partial charge in [-0.1, -0.05) is 25.8 Å². The summed E-state index contributed by atoms with van der Waals surface area (Å²) in [6, 6.07) is 0. The zero-order chi connectivity index (χ0) is 13.3. The van der Waals surface area contributed by atoms with Gasteiger partial charge in [-0.15, -0.1) is 6.58 Å². The highest BCUT2D eigenvalue weighted by molar-refractivity contribution is 7.88. The van der Waals surface area contributed by atoms with Crippen molar-refractivity contribution in [2.45, 2.75) is 26.2 Å². The lowest BCUT2D eigenvalue weighted by Crippen LogP contribution is -2.40. The summed E-state index contributed by atoms with van der Waals surface area (Å²) < 4.78 is 23.8. The molecule has 1 amide bonds. The standard InChI is InChI=1S/C11H22N2O3S/c1-4-6-7-8-12-11(14)10-13(9-5-2)17(3,15)16/h5H,2,4,6-10H2,1,3H3,(H,12,14). The Balaban J connectivity index is 4.09. The first-order valence-corrected chi connectivity index (χ1v) is 7.59. The molecule has 0 radical (unpaired) electrons. The molecule has 0 heterocycles. The van der Waals surface area contributed by atoms with Gasteiger partial charge in [0.15, 0.2) is 0 Å². The van der Waals surface area contributed by atoms with Crippen molar-refractivity contribution in [3.8, 4) is 0 Å². The molecule has 0 rings (SSSR count). The number of amides is 1. The smallest absolute Gasteiger partial charge is 0.235 e. The average Bonchev–Trinajstić information content (AvgIpc) is 2.22. The molecule has 0 unspecified atom stereocenters. The van der Waals surface area contributed by atoms with Crippen molar-refractivity contribution in [3.05, 3.63) is 12.7 Å². The van der Waals surface area contributed by atoms with Gasteiger partial charge in [0, 0.05) is 13.1 Å². The third-order valence-corrected chi connectivity index (χ3v) is 3.44. The minimum Gasteiger partial charge on any atom is -0.355 e. The maximum atomic E-state index is 11.5. The molecule has 1 N–H and O–H groups in total. The second kappa shape index (κ2) is 8.25. The van der Waals surface area contributed by atoms with E-state index in [1.807, 2.05) is 0 Å². The van der Waals surface area contributed by atoms with Gasteiger partial charge >= 0.3 is 0 Å². The molecule has 0 saturated carbocycles. The second-order valence-corrected chi connectivity index (χ2v) is 5.88. The highest BCUT2D eigenvalue weighted by Gasteiger charge is 2.18. The molecule has 0 spiro atoms. The summed E-state index contributed by atoms with van der Waals surface area (Å²) in [5.74, 6) is -0.270. The summed E-state index contributed by atoms with van der Waals surface area (Å²) in [5, 5.41) is 2.70. The molecule has 0 aromatic carbocycles. The van der Waals surface area contributed by atoms with Crippen LogP contribution in [0.3, 0.4) is 0 Å². The maximum absolute atomic E-state index is 11.5. The number of nitrogens with one attached hydrogen (secondary N) is 1. The van der Waals surface area contributed by atoms with Crippen molar-refractivity contribution in [1.29, 1.82) is 0 Å². The predicted octanol–water partition coefficient (Wildman–Crippen LogP) is 0.740. The van der Waals surface area contributed by atoms with Crippen LogP contribution < -0.4 is 5.32 Å². The molecule has 0 saturated heterocycles. The van der Waals surface area contributed by atoms with Gasteiger partial charge in [-0.25, -0.2) is 8.42 Å². The number of carbonyl (C=O) groups excluding carboxylic acids is 1. The van der Waals surface area contributed by atoms with E-state index in [2.05, 4.69) is 18.8 Å². The molecule has 100 valence electrons. The molecule has 0 aromatic rings. The van der Waals surface area contributed by atoms with E-state index in [1.165, 1.54) is 6.08 Å². The van der Waals surface area contributed by atoms with E-state index >= 15 is 0 Å². The molecular formula is C11H22N2O3S. The molecule has 6 heteroatoms. The van der Waals surface area contributed by atoms with Gasteiger partial charge in [-0.2, -0.15) is 4.31 Å². The molecule has 0 bridgehead atoms. The van der Waals surface area contributed by atoms with Crippen molar-refractivity contribution in [3.63, 3.8) is 0 Å². The van der Waals surface area contributed by atoms with E-state index in [-0.39, 0.29) is 19.0 Å². The minimum atomic E-state index is -3.36. The zero-order valence-corrected chi connectivity index (χ0v) is 11.4. The van der Waals surface area contributed by atoms with Crippen molar-refractivity contribution in [2.75, 3.05) is 25.9 Å². The summed E-state index contributed by atoms with van der Waals surface area (Å²) in [7, 11) is -3.36. The zero-order valence-electron chi connectivity index (χ0n) is 10.6. The van der Waals surface area contributed by atoms with Crippen LogP contribution in [0, 0.1) is 0 Å². The topological polar surface area (TPSA) is 66.5 Å². The van der Waals surface area contributed by atoms with Gasteiger partial charge in [0.25, 0.3) is 0 Å². The lowest BCUT2D eigenvalue weighted by molar-refractivity contribution is -0.121. The molecule has 17 heavy (non-hydrogen) atoms. The van der Waals surface area contributed by atoms with Crippen molar-refractivity contribution in [2.24, 2.45) is 0 Å². The Morgan fingerprint density at radius 2 is 2.06 bits per heavy atom. The number of nitrogens with zero attached hydrogens (tertiary/aromatic N) is 1. The first-order valence-electron chi connectivity index (χ1n) is 5.74. The van der Waals surface area contributed by atoms with E-state index in [4.69, 9.17) is 0 Å². The average molecular weight is 262 g/mol. The van der Waals surface area contributed by atoms with Crippen molar-refractivity contribution < 1.29 is 13.2 Å². The Hall–Kier alpha value is -0.880. The second-order valence-electron chi connectivity index (χ2n) is 3.90. The number of unbranched alkanes of at least 4 members (excludes halogenated alkanes) is 2. The largest absolute Gasteiger partial charge is 0.355 e. The predicted molar refractivity (Wildman–Crippen MR) is 69.1 cm³/mol. The Morgan fingerprint density at radius 1 is 1.41 bits per heavy atom. The Bertz CT molecular complexity index is 339. The Labute approximate surface area is 104 Å². The molecule has 0 fully saturated rings. The van der Waals surface area contributed by atoms with Crippen LogP contribution in [0.1, 0.15) is 26.2 Å². The molecule has 0 aliphatic rings. The lowest BCUT2D eigenvalue weighted by Gasteiger charge is -2.17. The fourth-order valence-electron chi connectivity index (χ4n) is 1.28. The van der Waals surface area contributed by atoms with Crippen molar-refractivity contribution >= 4 is 15.9 Å². The normalized spacial score (nSPS) is 11.5. The number of hydrogen-bond donors (Lipinski definition) is 1. The molecule has 5 nitrogen and oxygen atoms in total. The van der Waals surface area contributed by atoms with E-state index in [1.54, 1.807) is 0 Å². The van der Waals surface area contributed by atoms with Crippen LogP contribution in [0.5, 0.6) is 0 Å². The Kier molecular flexibility index (Phi) is 7.82. The molecule has 0 atom stereocenters. The fraction of sp³-hybridized carbons (Fsp3) is 0.727. The number of rotatable bonds is 9. The van der Waals surface area contributed by atoms with Gasteiger partial charge in [0.1, 0.15) is 0 Å². The van der Waals surface area contributed by atoms with Gasteiger partial charge in [-0.3, -0.25) is 4.79 Å². The van der Waals surface area contributed by atoms with Crippen LogP contribution in [-0.2, 0) is 14.8 Å². The number of hydrogen-bond acceptors (Lipinski definition) is 3. The van der Waals surface area contributed by atoms with Crippen LogP contribution >= 0.6 is 0 Å². The van der Waals surface area contributed by atoms with Gasteiger partial charge < -0.3 is 5.32 Å². The van der Waals surface area contributed by atoms with Gasteiger partial charge in [-0.05, 0) is 6.42 Å². The third kappa shape index (κ3) is 7.93. The quantitative estimate of drug-likeness (QED) is 0.492. The summed E-state index contributed by atoms with van der Waals surface area (Å²) in [6.45, 7) is 6.16. The third-order valence-electron chi connectivity index (χ3n) is 2.22. The van der Waals surface area contributed by atoms with Gasteiger partial charge in [0.2, 0.25) is 15.9 Å². The molecule has 0 aliphatic heterocycles. The molecule has 0 aliphatic carbocycles. The summed E-state index contributed by atoms with van der Waals surface area (Å²) >= 11 is 0. The Morgan fingerprint density at radius 3 is 2.53 bits per heavy atom. The van der Waals surface area contributed by atoms with Crippen LogP contribution in [0.2, 0.25) is 0 Å². The molecule has 0 aromatic heterocycles. The van der Waals surface area contributed by atoms with E-state index in [0.29, 0.717) is 6.54 Å². The monoisotopic (exact) mass is 262 g/mol. The summed E-state index contributed by atoms with van der Waals surface area (Å²) in [5.41, 5.74) is 0. The number of sulfonamides is 1. The lowest BCUT2D eigenvalue weighted by atomic mass is 10.2. The number of carbonyl (C=O) groups is 1. The highest BCUT2D eigenvalue weighted by atomic mass is 32.2. The summed E-state index contributed by atoms with van der Waals surface area (Å²) in [6.07, 6.45) is 5.61. The summed E-state index contributed by atoms with van der Waals surface area (Å²) in [4.78, 5) is 11.5.